The molecule has 0 saturated carbocycles. The maximum atomic E-state index is 10.6. The van der Waals surface area contributed by atoms with Gasteiger partial charge in [-0.2, -0.15) is 0 Å². The molecule has 0 spiro atoms. The van der Waals surface area contributed by atoms with Crippen molar-refractivity contribution in [3.63, 3.8) is 0 Å². The molecule has 5 heteroatoms. The summed E-state index contributed by atoms with van der Waals surface area (Å²) in [4.78, 5) is 18.3. The fourth-order valence-electron chi connectivity index (χ4n) is 0.866. The van der Waals surface area contributed by atoms with Crippen molar-refractivity contribution in [3.8, 4) is 0 Å². The molecule has 0 fully saturated rings. The van der Waals surface area contributed by atoms with E-state index in [1.807, 2.05) is 0 Å². The second-order valence-electron chi connectivity index (χ2n) is 2.76. The number of rotatable bonds is 3. The molecule has 0 aliphatic heterocycles. The summed E-state index contributed by atoms with van der Waals surface area (Å²) in [6.07, 6.45) is 3.43. The van der Waals surface area contributed by atoms with Gasteiger partial charge in [-0.25, -0.2) is 9.97 Å². The number of carboxylic acid groups (broad SMARTS) is 1. The van der Waals surface area contributed by atoms with E-state index in [0.717, 1.165) is 10.2 Å². The Bertz CT molecular complexity index is 317. The smallest absolute Gasteiger partial charge is 0.306 e. The molecule has 0 radical (unpaired) electrons. The molecule has 1 atom stereocenters. The molecule has 13 heavy (non-hydrogen) atoms. The largest absolute Gasteiger partial charge is 0.481 e. The minimum atomic E-state index is -0.814. The summed E-state index contributed by atoms with van der Waals surface area (Å²) < 4.78 is 0.753. The molecule has 1 aromatic rings. The molecule has 0 bridgehead atoms. The fourth-order valence-corrected chi connectivity index (χ4v) is 1.25. The van der Waals surface area contributed by atoms with Gasteiger partial charge in [0.05, 0.1) is 16.1 Å². The summed E-state index contributed by atoms with van der Waals surface area (Å²) in [6.45, 7) is 1.65. The average Bonchev–Trinajstić information content (AvgIpc) is 2.08. The van der Waals surface area contributed by atoms with Crippen LogP contribution in [-0.4, -0.2) is 21.0 Å². The van der Waals surface area contributed by atoms with Crippen LogP contribution in [-0.2, 0) is 11.2 Å². The van der Waals surface area contributed by atoms with Gasteiger partial charge in [0.15, 0.2) is 0 Å². The topological polar surface area (TPSA) is 63.1 Å². The minimum Gasteiger partial charge on any atom is -0.481 e. The Morgan fingerprint density at radius 2 is 2.46 bits per heavy atom. The summed E-state index contributed by atoms with van der Waals surface area (Å²) in [5.74, 6) is -1.24. The number of aliphatic carboxylic acids is 1. The summed E-state index contributed by atoms with van der Waals surface area (Å²) >= 11 is 3.26. The zero-order valence-electron chi connectivity index (χ0n) is 7.07. The quantitative estimate of drug-likeness (QED) is 0.876. The lowest BCUT2D eigenvalue weighted by Crippen LogP contribution is -2.13. The van der Waals surface area contributed by atoms with Crippen molar-refractivity contribution in [2.45, 2.75) is 13.3 Å². The Morgan fingerprint density at radius 1 is 1.77 bits per heavy atom. The predicted molar refractivity (Wildman–Crippen MR) is 50.2 cm³/mol. The average molecular weight is 245 g/mol. The van der Waals surface area contributed by atoms with Crippen LogP contribution < -0.4 is 0 Å². The normalized spacial score (nSPS) is 12.5. The standard InChI is InChI=1S/C8H9BrN2O2/c1-5(8(12)13)2-7-6(9)3-10-4-11-7/h3-5H,2H2,1H3,(H,12,13). The highest BCUT2D eigenvalue weighted by Crippen LogP contribution is 2.15. The number of carboxylic acids is 1. The summed E-state index contributed by atoms with van der Waals surface area (Å²) in [5, 5.41) is 8.68. The molecule has 0 aromatic carbocycles. The summed E-state index contributed by atoms with van der Waals surface area (Å²) in [7, 11) is 0. The van der Waals surface area contributed by atoms with E-state index in [1.165, 1.54) is 6.33 Å². The van der Waals surface area contributed by atoms with Gasteiger partial charge in [-0.1, -0.05) is 6.92 Å². The molecule has 1 N–H and O–H groups in total. The van der Waals surface area contributed by atoms with Crippen LogP contribution in [0.5, 0.6) is 0 Å². The Morgan fingerprint density at radius 3 is 3.00 bits per heavy atom. The van der Waals surface area contributed by atoms with Crippen LogP contribution in [0.4, 0.5) is 0 Å². The van der Waals surface area contributed by atoms with Crippen LogP contribution in [0.1, 0.15) is 12.6 Å². The van der Waals surface area contributed by atoms with Crippen LogP contribution >= 0.6 is 15.9 Å². The second kappa shape index (κ2) is 4.32. The Labute approximate surface area is 84.2 Å². The van der Waals surface area contributed by atoms with Crippen LogP contribution in [0.15, 0.2) is 17.0 Å². The maximum Gasteiger partial charge on any atom is 0.306 e. The zero-order chi connectivity index (χ0) is 9.84. The third kappa shape index (κ3) is 2.77. The van der Waals surface area contributed by atoms with Crippen LogP contribution in [0.3, 0.4) is 0 Å². The molecule has 0 saturated heterocycles. The first-order chi connectivity index (χ1) is 6.11. The molecule has 70 valence electrons. The summed E-state index contributed by atoms with van der Waals surface area (Å²) in [6, 6.07) is 0. The van der Waals surface area contributed by atoms with Gasteiger partial charge >= 0.3 is 5.97 Å². The van der Waals surface area contributed by atoms with Crippen LogP contribution in [0.2, 0.25) is 0 Å². The molecule has 1 heterocycles. The van der Waals surface area contributed by atoms with Gasteiger partial charge in [0.2, 0.25) is 0 Å². The third-order valence-corrected chi connectivity index (χ3v) is 2.33. The van der Waals surface area contributed by atoms with Gasteiger partial charge < -0.3 is 5.11 Å². The van der Waals surface area contributed by atoms with E-state index in [-0.39, 0.29) is 0 Å². The molecule has 0 aliphatic rings. The van der Waals surface area contributed by atoms with Gasteiger partial charge in [0.1, 0.15) is 6.33 Å². The number of halogens is 1. The van der Waals surface area contributed by atoms with Gasteiger partial charge in [0.25, 0.3) is 0 Å². The Hall–Kier alpha value is -0.970. The van der Waals surface area contributed by atoms with Gasteiger partial charge in [0, 0.05) is 12.6 Å². The van der Waals surface area contributed by atoms with E-state index >= 15 is 0 Å². The number of hydrogen-bond donors (Lipinski definition) is 1. The third-order valence-electron chi connectivity index (χ3n) is 1.66. The first-order valence-electron chi connectivity index (χ1n) is 3.78. The van der Waals surface area contributed by atoms with Crippen molar-refractivity contribution in [3.05, 3.63) is 22.7 Å². The number of hydrogen-bond acceptors (Lipinski definition) is 3. The lowest BCUT2D eigenvalue weighted by atomic mass is 10.1. The van der Waals surface area contributed by atoms with Crippen LogP contribution in [0, 0.1) is 5.92 Å². The molecule has 4 nitrogen and oxygen atoms in total. The van der Waals surface area contributed by atoms with E-state index in [2.05, 4.69) is 25.9 Å². The molecular formula is C8H9BrN2O2. The van der Waals surface area contributed by atoms with Gasteiger partial charge in [-0.3, -0.25) is 4.79 Å². The maximum absolute atomic E-state index is 10.6. The molecule has 1 aromatic heterocycles. The molecule has 0 aliphatic carbocycles. The Kier molecular flexibility index (Phi) is 3.36. The number of carbonyl (C=O) groups is 1. The molecule has 1 rings (SSSR count). The van der Waals surface area contributed by atoms with Crippen molar-refractivity contribution in [1.82, 2.24) is 9.97 Å². The van der Waals surface area contributed by atoms with E-state index in [1.54, 1.807) is 13.1 Å². The first-order valence-corrected chi connectivity index (χ1v) is 4.57. The first kappa shape index (κ1) is 10.1. The van der Waals surface area contributed by atoms with E-state index < -0.39 is 11.9 Å². The van der Waals surface area contributed by atoms with E-state index in [9.17, 15) is 4.79 Å². The zero-order valence-corrected chi connectivity index (χ0v) is 8.65. The second-order valence-corrected chi connectivity index (χ2v) is 3.62. The highest BCUT2D eigenvalue weighted by molar-refractivity contribution is 9.10. The molecular weight excluding hydrogens is 236 g/mol. The lowest BCUT2D eigenvalue weighted by molar-refractivity contribution is -0.141. The number of aromatic nitrogens is 2. The van der Waals surface area contributed by atoms with Crippen molar-refractivity contribution < 1.29 is 9.90 Å². The minimum absolute atomic E-state index is 0.415. The number of nitrogens with zero attached hydrogens (tertiary/aromatic N) is 2. The lowest BCUT2D eigenvalue weighted by Gasteiger charge is -2.05. The van der Waals surface area contributed by atoms with E-state index in [4.69, 9.17) is 5.11 Å². The highest BCUT2D eigenvalue weighted by atomic mass is 79.9. The monoisotopic (exact) mass is 244 g/mol. The van der Waals surface area contributed by atoms with Crippen molar-refractivity contribution in [2.24, 2.45) is 5.92 Å². The molecule has 1 unspecified atom stereocenters. The summed E-state index contributed by atoms with van der Waals surface area (Å²) in [5.41, 5.74) is 0.727. The molecule has 0 amide bonds. The van der Waals surface area contributed by atoms with Gasteiger partial charge in [-0.05, 0) is 15.9 Å². The van der Waals surface area contributed by atoms with Crippen molar-refractivity contribution >= 4 is 21.9 Å². The highest BCUT2D eigenvalue weighted by Gasteiger charge is 2.13. The Balaban J connectivity index is 2.74. The fraction of sp³-hybridized carbons (Fsp3) is 0.375. The van der Waals surface area contributed by atoms with Crippen molar-refractivity contribution in [2.75, 3.05) is 0 Å². The van der Waals surface area contributed by atoms with Crippen LogP contribution in [0.25, 0.3) is 0 Å². The van der Waals surface area contributed by atoms with E-state index in [0.29, 0.717) is 6.42 Å². The SMILES string of the molecule is CC(Cc1ncncc1Br)C(=O)O. The van der Waals surface area contributed by atoms with Gasteiger partial charge in [-0.15, -0.1) is 0 Å². The van der Waals surface area contributed by atoms with Crippen molar-refractivity contribution in [1.29, 1.82) is 0 Å². The predicted octanol–water partition coefficient (Wildman–Crippen LogP) is 1.50.